The zero-order valence-electron chi connectivity index (χ0n) is 15.3. The van der Waals surface area contributed by atoms with E-state index in [2.05, 4.69) is 28.6 Å². The lowest BCUT2D eigenvalue weighted by atomic mass is 9.99. The van der Waals surface area contributed by atoms with Crippen LogP contribution in [-0.4, -0.2) is 34.0 Å². The highest BCUT2D eigenvalue weighted by Gasteiger charge is 2.31. The Labute approximate surface area is 161 Å². The molecule has 0 radical (unpaired) electrons. The van der Waals surface area contributed by atoms with Crippen LogP contribution in [0.2, 0.25) is 0 Å². The lowest BCUT2D eigenvalue weighted by molar-refractivity contribution is 0.0817. The standard InChI is InChI=1S/C21H18FN5O/c1-4-5-18(23-2)25-16-7-6-14(15-12-26(3)21(28)20(15)16)17-11-24-19-10-13(22)8-9-27(17)19/h4-11,25H,1-2,12H2,3H3/b18-5+. The maximum absolute atomic E-state index is 13.5. The molecule has 0 aliphatic carbocycles. The van der Waals surface area contributed by atoms with Gasteiger partial charge in [0.05, 0.1) is 23.1 Å². The van der Waals surface area contributed by atoms with Crippen molar-refractivity contribution in [3.8, 4) is 11.3 Å². The van der Waals surface area contributed by atoms with Crippen molar-refractivity contribution < 1.29 is 9.18 Å². The number of rotatable bonds is 5. The van der Waals surface area contributed by atoms with E-state index in [1.165, 1.54) is 12.1 Å². The number of benzene rings is 1. The maximum atomic E-state index is 13.5. The van der Waals surface area contributed by atoms with E-state index in [4.69, 9.17) is 0 Å². The highest BCUT2D eigenvalue weighted by atomic mass is 19.1. The normalized spacial score (nSPS) is 13.7. The molecule has 28 heavy (non-hydrogen) atoms. The number of carbonyl (C=O) groups is 1. The number of aliphatic imine (C=N–C) groups is 1. The van der Waals surface area contributed by atoms with Gasteiger partial charge in [-0.3, -0.25) is 9.20 Å². The zero-order valence-corrected chi connectivity index (χ0v) is 15.3. The third kappa shape index (κ3) is 2.77. The average Bonchev–Trinajstić information content (AvgIpc) is 3.22. The molecule has 0 atom stereocenters. The number of amides is 1. The molecule has 1 amide bonds. The van der Waals surface area contributed by atoms with Crippen LogP contribution in [0, 0.1) is 5.82 Å². The molecule has 1 N–H and O–H groups in total. The van der Waals surface area contributed by atoms with Gasteiger partial charge in [-0.05, 0) is 30.5 Å². The van der Waals surface area contributed by atoms with Gasteiger partial charge in [-0.25, -0.2) is 14.4 Å². The van der Waals surface area contributed by atoms with Crippen LogP contribution >= 0.6 is 0 Å². The predicted octanol–water partition coefficient (Wildman–Crippen LogP) is 3.87. The number of nitrogens with zero attached hydrogens (tertiary/aromatic N) is 4. The summed E-state index contributed by atoms with van der Waals surface area (Å²) < 4.78 is 15.3. The second-order valence-electron chi connectivity index (χ2n) is 6.46. The molecule has 1 aromatic carbocycles. The summed E-state index contributed by atoms with van der Waals surface area (Å²) in [5.74, 6) is 0.0709. The van der Waals surface area contributed by atoms with Crippen molar-refractivity contribution >= 4 is 24.0 Å². The van der Waals surface area contributed by atoms with E-state index in [9.17, 15) is 9.18 Å². The number of carbonyl (C=O) groups excluding carboxylic acids is 1. The molecule has 6 nitrogen and oxygen atoms in total. The Bertz CT molecular complexity index is 1160. The molecule has 3 aromatic rings. The molecule has 1 aliphatic rings. The van der Waals surface area contributed by atoms with Crippen LogP contribution in [0.1, 0.15) is 15.9 Å². The second-order valence-corrected chi connectivity index (χ2v) is 6.46. The number of imidazole rings is 1. The van der Waals surface area contributed by atoms with Crippen molar-refractivity contribution in [1.29, 1.82) is 0 Å². The number of anilines is 1. The molecule has 0 spiro atoms. The first-order valence-corrected chi connectivity index (χ1v) is 8.64. The van der Waals surface area contributed by atoms with Crippen molar-refractivity contribution in [2.75, 3.05) is 12.4 Å². The fourth-order valence-electron chi connectivity index (χ4n) is 3.44. The molecule has 4 rings (SSSR count). The minimum absolute atomic E-state index is 0.0822. The van der Waals surface area contributed by atoms with Gasteiger partial charge in [0.15, 0.2) is 0 Å². The number of hydrogen-bond donors (Lipinski definition) is 1. The topological polar surface area (TPSA) is 62.0 Å². The van der Waals surface area contributed by atoms with Gasteiger partial charge in [-0.1, -0.05) is 18.7 Å². The first-order chi connectivity index (χ1) is 13.5. The molecule has 0 bridgehead atoms. The van der Waals surface area contributed by atoms with E-state index in [0.29, 0.717) is 29.3 Å². The lowest BCUT2D eigenvalue weighted by Crippen LogP contribution is -2.18. The summed E-state index contributed by atoms with van der Waals surface area (Å²) in [7, 11) is 1.76. The maximum Gasteiger partial charge on any atom is 0.256 e. The van der Waals surface area contributed by atoms with E-state index in [1.54, 1.807) is 36.5 Å². The Morgan fingerprint density at radius 1 is 1.39 bits per heavy atom. The first-order valence-electron chi connectivity index (χ1n) is 8.64. The van der Waals surface area contributed by atoms with Crippen molar-refractivity contribution in [3.05, 3.63) is 78.2 Å². The van der Waals surface area contributed by atoms with Gasteiger partial charge in [0.1, 0.15) is 17.3 Å². The third-order valence-electron chi connectivity index (χ3n) is 4.73. The van der Waals surface area contributed by atoms with E-state index in [-0.39, 0.29) is 11.7 Å². The molecule has 2 aromatic heterocycles. The Hall–Kier alpha value is -3.74. The molecule has 0 unspecified atom stereocenters. The fraction of sp³-hybridized carbons (Fsp3) is 0.0952. The van der Waals surface area contributed by atoms with Gasteiger partial charge in [-0.15, -0.1) is 0 Å². The van der Waals surface area contributed by atoms with E-state index < -0.39 is 0 Å². The van der Waals surface area contributed by atoms with E-state index >= 15 is 0 Å². The summed E-state index contributed by atoms with van der Waals surface area (Å²) in [6, 6.07) is 6.51. The number of allylic oxidation sites excluding steroid dienone is 2. The Morgan fingerprint density at radius 3 is 2.96 bits per heavy atom. The van der Waals surface area contributed by atoms with Gasteiger partial charge >= 0.3 is 0 Å². The number of aromatic nitrogens is 2. The number of halogens is 1. The first kappa shape index (κ1) is 17.7. The Morgan fingerprint density at radius 2 is 2.21 bits per heavy atom. The minimum atomic E-state index is -0.345. The van der Waals surface area contributed by atoms with Crippen LogP contribution in [0.5, 0.6) is 0 Å². The fourth-order valence-corrected chi connectivity index (χ4v) is 3.44. The third-order valence-corrected chi connectivity index (χ3v) is 4.73. The number of pyridine rings is 1. The van der Waals surface area contributed by atoms with Gasteiger partial charge in [0.25, 0.3) is 5.91 Å². The Kier molecular flexibility index (Phi) is 4.27. The lowest BCUT2D eigenvalue weighted by Gasteiger charge is -2.13. The molecule has 0 saturated carbocycles. The molecule has 0 fully saturated rings. The summed E-state index contributed by atoms with van der Waals surface area (Å²) in [5.41, 5.74) is 4.29. The van der Waals surface area contributed by atoms with Gasteiger partial charge < -0.3 is 10.2 Å². The van der Waals surface area contributed by atoms with Crippen molar-refractivity contribution in [1.82, 2.24) is 14.3 Å². The van der Waals surface area contributed by atoms with E-state index in [1.807, 2.05) is 16.5 Å². The van der Waals surface area contributed by atoms with Gasteiger partial charge in [0, 0.05) is 31.4 Å². The van der Waals surface area contributed by atoms with Crippen molar-refractivity contribution in [2.45, 2.75) is 6.54 Å². The summed E-state index contributed by atoms with van der Waals surface area (Å²) in [4.78, 5) is 22.7. The summed E-state index contributed by atoms with van der Waals surface area (Å²) in [6.45, 7) is 7.66. The summed E-state index contributed by atoms with van der Waals surface area (Å²) in [5, 5.41) is 3.14. The van der Waals surface area contributed by atoms with Crippen LogP contribution in [0.4, 0.5) is 10.1 Å². The predicted molar refractivity (Wildman–Crippen MR) is 108 cm³/mol. The average molecular weight is 375 g/mol. The molecule has 0 saturated heterocycles. The second kappa shape index (κ2) is 6.77. The van der Waals surface area contributed by atoms with Crippen LogP contribution in [0.3, 0.4) is 0 Å². The zero-order chi connectivity index (χ0) is 19.8. The van der Waals surface area contributed by atoms with Crippen LogP contribution in [0.25, 0.3) is 16.9 Å². The smallest absolute Gasteiger partial charge is 0.256 e. The van der Waals surface area contributed by atoms with Crippen LogP contribution in [0.15, 0.2) is 66.2 Å². The number of hydrogen-bond acceptors (Lipinski definition) is 4. The molecule has 3 heterocycles. The van der Waals surface area contributed by atoms with E-state index in [0.717, 1.165) is 16.8 Å². The Balaban J connectivity index is 1.89. The SMILES string of the molecule is C=C/C=C(\N=C)Nc1ccc(-c2cnc3cc(F)ccn23)c2c1C(=O)N(C)C2. The quantitative estimate of drug-likeness (QED) is 0.544. The monoisotopic (exact) mass is 375 g/mol. The largest absolute Gasteiger partial charge is 0.340 e. The highest BCUT2D eigenvalue weighted by molar-refractivity contribution is 6.05. The molecular formula is C21H18FN5O. The summed E-state index contributed by atoms with van der Waals surface area (Å²) in [6.07, 6.45) is 6.60. The highest BCUT2D eigenvalue weighted by Crippen LogP contribution is 2.37. The number of fused-ring (bicyclic) bond motifs is 2. The summed E-state index contributed by atoms with van der Waals surface area (Å²) >= 11 is 0. The molecular weight excluding hydrogens is 357 g/mol. The molecule has 140 valence electrons. The minimum Gasteiger partial charge on any atom is -0.340 e. The molecule has 1 aliphatic heterocycles. The van der Waals surface area contributed by atoms with Crippen LogP contribution < -0.4 is 5.32 Å². The van der Waals surface area contributed by atoms with Crippen molar-refractivity contribution in [2.24, 2.45) is 4.99 Å². The molecule has 7 heteroatoms. The number of nitrogens with one attached hydrogen (secondary N) is 1. The van der Waals surface area contributed by atoms with Gasteiger partial charge in [0.2, 0.25) is 0 Å². The van der Waals surface area contributed by atoms with Gasteiger partial charge in [-0.2, -0.15) is 0 Å². The van der Waals surface area contributed by atoms with Crippen molar-refractivity contribution in [3.63, 3.8) is 0 Å². The van der Waals surface area contributed by atoms with Crippen LogP contribution in [-0.2, 0) is 6.54 Å².